The van der Waals surface area contributed by atoms with Crippen molar-refractivity contribution in [3.8, 4) is 10.6 Å². The second kappa shape index (κ2) is 8.56. The fourth-order valence-electron chi connectivity index (χ4n) is 2.30. The molecule has 1 amide bonds. The first kappa shape index (κ1) is 20.7. The van der Waals surface area contributed by atoms with E-state index in [2.05, 4.69) is 31.4 Å². The van der Waals surface area contributed by atoms with Gasteiger partial charge in [-0.05, 0) is 30.3 Å². The van der Waals surface area contributed by atoms with Crippen LogP contribution in [0, 0.1) is 0 Å². The van der Waals surface area contributed by atoms with Gasteiger partial charge in [0.2, 0.25) is 21.1 Å². The van der Waals surface area contributed by atoms with E-state index in [1.807, 2.05) is 0 Å². The lowest BCUT2D eigenvalue weighted by atomic mass is 10.2. The topological polar surface area (TPSA) is 92.3 Å². The largest absolute Gasteiger partial charge is 0.299 e. The van der Waals surface area contributed by atoms with E-state index in [0.29, 0.717) is 20.2 Å². The smallest absolute Gasteiger partial charge is 0.246 e. The van der Waals surface area contributed by atoms with Crippen molar-refractivity contribution in [2.45, 2.75) is 0 Å². The number of rotatable bonds is 6. The Morgan fingerprint density at radius 1 is 1.21 bits per heavy atom. The molecule has 0 saturated carbocycles. The Morgan fingerprint density at radius 3 is 2.57 bits per heavy atom. The van der Waals surface area contributed by atoms with Crippen molar-refractivity contribution in [2.24, 2.45) is 0 Å². The highest BCUT2D eigenvalue weighted by Gasteiger charge is 2.22. The number of sulfonamides is 1. The third kappa shape index (κ3) is 5.28. The number of aromatic nitrogens is 2. The van der Waals surface area contributed by atoms with Gasteiger partial charge in [0.25, 0.3) is 0 Å². The molecule has 28 heavy (non-hydrogen) atoms. The number of amides is 1. The van der Waals surface area contributed by atoms with Crippen molar-refractivity contribution in [3.63, 3.8) is 0 Å². The average molecular weight is 502 g/mol. The summed E-state index contributed by atoms with van der Waals surface area (Å²) in [6.45, 7) is -0.384. The third-order valence-corrected chi connectivity index (χ3v) is 6.32. The molecule has 0 atom stereocenters. The molecule has 7 nitrogen and oxygen atoms in total. The molecule has 0 unspecified atom stereocenters. The Labute approximate surface area is 179 Å². The normalized spacial score (nSPS) is 11.2. The lowest BCUT2D eigenvalue weighted by Crippen LogP contribution is -2.37. The van der Waals surface area contributed by atoms with E-state index >= 15 is 0 Å². The maximum Gasteiger partial charge on any atom is 0.246 e. The molecule has 0 aliphatic carbocycles. The zero-order chi connectivity index (χ0) is 20.3. The molecule has 0 aliphatic rings. The minimum absolute atomic E-state index is 0.276. The van der Waals surface area contributed by atoms with Gasteiger partial charge in [-0.25, -0.2) is 8.42 Å². The summed E-state index contributed by atoms with van der Waals surface area (Å²) in [7, 11) is -3.66. The molecule has 146 valence electrons. The predicted octanol–water partition coefficient (Wildman–Crippen LogP) is 4.03. The van der Waals surface area contributed by atoms with E-state index in [1.165, 1.54) is 11.3 Å². The van der Waals surface area contributed by atoms with Crippen molar-refractivity contribution < 1.29 is 13.2 Å². The summed E-state index contributed by atoms with van der Waals surface area (Å²) in [5.41, 5.74) is 1.19. The molecule has 11 heteroatoms. The number of hydrogen-bond acceptors (Lipinski definition) is 6. The van der Waals surface area contributed by atoms with Crippen LogP contribution in [0.15, 0.2) is 53.0 Å². The zero-order valence-corrected chi connectivity index (χ0v) is 18.4. The van der Waals surface area contributed by atoms with E-state index in [0.717, 1.165) is 16.1 Å². The minimum atomic E-state index is -3.66. The van der Waals surface area contributed by atoms with E-state index < -0.39 is 15.9 Å². The number of halogens is 2. The SMILES string of the molecule is CS(=O)(=O)N(CC(=O)Nc1nnc(-c2ccc(Cl)cc2)s1)c1cccc(Br)c1. The van der Waals surface area contributed by atoms with Crippen LogP contribution in [0.25, 0.3) is 10.6 Å². The van der Waals surface area contributed by atoms with Crippen LogP contribution in [0.2, 0.25) is 5.02 Å². The quantitative estimate of drug-likeness (QED) is 0.551. The Bertz CT molecular complexity index is 1100. The number of carbonyl (C=O) groups is 1. The lowest BCUT2D eigenvalue weighted by molar-refractivity contribution is -0.114. The number of nitrogens with zero attached hydrogens (tertiary/aromatic N) is 3. The number of benzene rings is 2. The Morgan fingerprint density at radius 2 is 1.93 bits per heavy atom. The Hall–Kier alpha value is -2.01. The second-order valence-corrected chi connectivity index (χ2v) is 9.95. The molecule has 0 fully saturated rings. The predicted molar refractivity (Wildman–Crippen MR) is 115 cm³/mol. The third-order valence-electron chi connectivity index (χ3n) is 3.55. The van der Waals surface area contributed by atoms with E-state index in [4.69, 9.17) is 11.6 Å². The summed E-state index contributed by atoms with van der Waals surface area (Å²) in [5.74, 6) is -0.524. The molecule has 1 aromatic heterocycles. The minimum Gasteiger partial charge on any atom is -0.299 e. The number of carbonyl (C=O) groups excluding carboxylic acids is 1. The first-order chi connectivity index (χ1) is 13.2. The number of hydrogen-bond donors (Lipinski definition) is 1. The van der Waals surface area contributed by atoms with Gasteiger partial charge in [0, 0.05) is 15.1 Å². The van der Waals surface area contributed by atoms with E-state index in [1.54, 1.807) is 48.5 Å². The van der Waals surface area contributed by atoms with Gasteiger partial charge < -0.3 is 0 Å². The molecule has 1 heterocycles. The van der Waals surface area contributed by atoms with Crippen LogP contribution in [0.3, 0.4) is 0 Å². The molecule has 0 spiro atoms. The van der Waals surface area contributed by atoms with Crippen molar-refractivity contribution in [1.29, 1.82) is 0 Å². The highest BCUT2D eigenvalue weighted by molar-refractivity contribution is 9.10. The van der Waals surface area contributed by atoms with Gasteiger partial charge in [-0.2, -0.15) is 0 Å². The summed E-state index contributed by atoms with van der Waals surface area (Å²) in [6.07, 6.45) is 1.05. The van der Waals surface area contributed by atoms with Gasteiger partial charge >= 0.3 is 0 Å². The summed E-state index contributed by atoms with van der Waals surface area (Å²) >= 11 is 10.4. The number of anilines is 2. The maximum absolute atomic E-state index is 12.4. The van der Waals surface area contributed by atoms with E-state index in [9.17, 15) is 13.2 Å². The molecular weight excluding hydrogens is 488 g/mol. The van der Waals surface area contributed by atoms with E-state index in [-0.39, 0.29) is 11.7 Å². The molecule has 0 aliphatic heterocycles. The van der Waals surface area contributed by atoms with Crippen LogP contribution < -0.4 is 9.62 Å². The number of nitrogens with one attached hydrogen (secondary N) is 1. The van der Waals surface area contributed by atoms with Crippen molar-refractivity contribution in [2.75, 3.05) is 22.4 Å². The second-order valence-electron chi connectivity index (χ2n) is 5.72. The molecule has 3 rings (SSSR count). The van der Waals surface area contributed by atoms with Crippen LogP contribution in [-0.4, -0.2) is 37.3 Å². The van der Waals surface area contributed by atoms with Gasteiger partial charge in [0.15, 0.2) is 0 Å². The summed E-state index contributed by atoms with van der Waals surface area (Å²) < 4.78 is 26.0. The maximum atomic E-state index is 12.4. The van der Waals surface area contributed by atoms with Crippen LogP contribution in [0.5, 0.6) is 0 Å². The molecule has 0 bridgehead atoms. The van der Waals surface area contributed by atoms with Crippen molar-refractivity contribution in [3.05, 3.63) is 58.0 Å². The molecule has 0 saturated heterocycles. The zero-order valence-electron chi connectivity index (χ0n) is 14.5. The molecule has 3 aromatic rings. The van der Waals surface area contributed by atoms with Crippen molar-refractivity contribution >= 4 is 65.6 Å². The fourth-order valence-corrected chi connectivity index (χ4v) is 4.43. The van der Waals surface area contributed by atoms with Crippen LogP contribution in [0.4, 0.5) is 10.8 Å². The molecule has 0 radical (unpaired) electrons. The van der Waals surface area contributed by atoms with Crippen molar-refractivity contribution in [1.82, 2.24) is 10.2 Å². The monoisotopic (exact) mass is 500 g/mol. The van der Waals surface area contributed by atoms with Crippen LogP contribution >= 0.6 is 38.9 Å². The molecule has 1 N–H and O–H groups in total. The Balaban J connectivity index is 1.74. The van der Waals surface area contributed by atoms with Gasteiger partial charge in [-0.3, -0.25) is 14.4 Å². The van der Waals surface area contributed by atoms with Gasteiger partial charge in [-0.1, -0.05) is 57.1 Å². The summed E-state index contributed by atoms with van der Waals surface area (Å²) in [4.78, 5) is 12.4. The molecular formula is C17H14BrClN4O3S2. The first-order valence-electron chi connectivity index (χ1n) is 7.85. The average Bonchev–Trinajstić information content (AvgIpc) is 3.07. The summed E-state index contributed by atoms with van der Waals surface area (Å²) in [5, 5.41) is 12.1. The van der Waals surface area contributed by atoms with Gasteiger partial charge in [0.1, 0.15) is 11.6 Å². The highest BCUT2D eigenvalue weighted by Crippen LogP contribution is 2.27. The first-order valence-corrected chi connectivity index (χ1v) is 11.7. The fraction of sp³-hybridized carbons (Fsp3) is 0.118. The molecule has 2 aromatic carbocycles. The highest BCUT2D eigenvalue weighted by atomic mass is 79.9. The Kier molecular flexibility index (Phi) is 6.33. The standard InChI is InChI=1S/C17H14BrClN4O3S2/c1-28(25,26)23(14-4-2-3-12(18)9-14)10-15(24)20-17-22-21-16(27-17)11-5-7-13(19)8-6-11/h2-9H,10H2,1H3,(H,20,22,24). The summed E-state index contributed by atoms with van der Waals surface area (Å²) in [6, 6.07) is 13.8. The van der Waals surface area contributed by atoms with Crippen LogP contribution in [-0.2, 0) is 14.8 Å². The lowest BCUT2D eigenvalue weighted by Gasteiger charge is -2.21. The van der Waals surface area contributed by atoms with Crippen LogP contribution in [0.1, 0.15) is 0 Å². The van der Waals surface area contributed by atoms with Gasteiger partial charge in [-0.15, -0.1) is 10.2 Å². The van der Waals surface area contributed by atoms with Gasteiger partial charge in [0.05, 0.1) is 11.9 Å².